The van der Waals surface area contributed by atoms with E-state index in [1.165, 1.54) is 10.5 Å². The van der Waals surface area contributed by atoms with Crippen LogP contribution < -0.4 is 15.8 Å². The maximum absolute atomic E-state index is 5.92. The fourth-order valence-corrected chi connectivity index (χ4v) is 2.79. The number of hydrogen-bond acceptors (Lipinski definition) is 3. The zero-order chi connectivity index (χ0) is 17.4. The third-order valence-corrected chi connectivity index (χ3v) is 4.15. The molecule has 2 rings (SSSR count). The molecule has 0 fully saturated rings. The van der Waals surface area contributed by atoms with E-state index < -0.39 is 0 Å². The molecule has 0 aliphatic carbocycles. The van der Waals surface area contributed by atoms with Gasteiger partial charge in [-0.05, 0) is 57.2 Å². The van der Waals surface area contributed by atoms with Crippen LogP contribution in [-0.4, -0.2) is 24.4 Å². The summed E-state index contributed by atoms with van der Waals surface area (Å²) in [6.45, 7) is 6.77. The van der Waals surface area contributed by atoms with Gasteiger partial charge in [0.2, 0.25) is 0 Å². The van der Waals surface area contributed by atoms with Crippen LogP contribution in [0.2, 0.25) is 0 Å². The lowest BCUT2D eigenvalue weighted by molar-refractivity contribution is 0.242. The predicted octanol–water partition coefficient (Wildman–Crippen LogP) is 4.92. The highest BCUT2D eigenvalue weighted by Gasteiger charge is 1.99. The highest BCUT2D eigenvalue weighted by Crippen LogP contribution is 2.18. The maximum atomic E-state index is 5.92. The number of anilines is 1. The molecule has 2 aromatic rings. The molecule has 0 aliphatic rings. The van der Waals surface area contributed by atoms with Crippen LogP contribution in [0.1, 0.15) is 19.4 Å². The van der Waals surface area contributed by atoms with Crippen LogP contribution in [0.25, 0.3) is 0 Å². The summed E-state index contributed by atoms with van der Waals surface area (Å²) in [5.41, 5.74) is 8.10. The monoisotopic (exact) mass is 471 g/mol. The van der Waals surface area contributed by atoms with Gasteiger partial charge in [-0.1, -0.05) is 17.7 Å². The number of guanidine groups is 1. The van der Waals surface area contributed by atoms with Crippen molar-refractivity contribution in [1.29, 1.82) is 0 Å². The summed E-state index contributed by atoms with van der Waals surface area (Å²) in [5.74, 6) is 2.17. The summed E-state index contributed by atoms with van der Waals surface area (Å²) in [6.07, 6.45) is 0.168. The van der Waals surface area contributed by atoms with E-state index >= 15 is 0 Å². The van der Waals surface area contributed by atoms with E-state index in [4.69, 9.17) is 10.5 Å². The molecule has 136 valence electrons. The molecule has 0 aliphatic heterocycles. The second-order valence-corrected chi connectivity index (χ2v) is 6.91. The maximum Gasteiger partial charge on any atom is 0.193 e. The van der Waals surface area contributed by atoms with Gasteiger partial charge in [-0.15, -0.1) is 35.7 Å². The van der Waals surface area contributed by atoms with E-state index in [0.717, 1.165) is 17.2 Å². The topological polar surface area (TPSA) is 59.6 Å². The van der Waals surface area contributed by atoms with Crippen LogP contribution in [0, 0.1) is 6.92 Å². The van der Waals surface area contributed by atoms with E-state index in [1.807, 2.05) is 38.1 Å². The van der Waals surface area contributed by atoms with Gasteiger partial charge in [0.25, 0.3) is 0 Å². The number of benzene rings is 2. The molecule has 4 nitrogen and oxygen atoms in total. The summed E-state index contributed by atoms with van der Waals surface area (Å²) in [6, 6.07) is 16.2. The van der Waals surface area contributed by atoms with Crippen LogP contribution in [0.3, 0.4) is 0 Å². The molecule has 3 N–H and O–H groups in total. The minimum Gasteiger partial charge on any atom is -0.491 e. The van der Waals surface area contributed by atoms with Crippen molar-refractivity contribution in [3.63, 3.8) is 0 Å². The third-order valence-electron chi connectivity index (χ3n) is 3.16. The van der Waals surface area contributed by atoms with Crippen molar-refractivity contribution in [3.8, 4) is 5.75 Å². The Morgan fingerprint density at radius 1 is 1.12 bits per heavy atom. The van der Waals surface area contributed by atoms with E-state index in [-0.39, 0.29) is 30.1 Å². The van der Waals surface area contributed by atoms with Crippen molar-refractivity contribution in [2.45, 2.75) is 31.8 Å². The van der Waals surface area contributed by atoms with Gasteiger partial charge in [-0.2, -0.15) is 0 Å². The first-order valence-corrected chi connectivity index (χ1v) is 9.04. The van der Waals surface area contributed by atoms with Crippen LogP contribution in [0.15, 0.2) is 58.4 Å². The normalized spacial score (nSPS) is 11.1. The quantitative estimate of drug-likeness (QED) is 0.198. The lowest BCUT2D eigenvalue weighted by Crippen LogP contribution is -2.23. The number of rotatable bonds is 7. The molecule has 0 unspecified atom stereocenters. The molecule has 0 aromatic heterocycles. The summed E-state index contributed by atoms with van der Waals surface area (Å²) in [7, 11) is 0. The zero-order valence-electron chi connectivity index (χ0n) is 14.9. The van der Waals surface area contributed by atoms with Gasteiger partial charge in [0.15, 0.2) is 5.96 Å². The number of thioether (sulfide) groups is 1. The molecule has 0 heterocycles. The first kappa shape index (κ1) is 21.6. The minimum absolute atomic E-state index is 0. The Labute approximate surface area is 171 Å². The summed E-state index contributed by atoms with van der Waals surface area (Å²) < 4.78 is 5.61. The molecular formula is C19H26IN3OS. The van der Waals surface area contributed by atoms with E-state index in [9.17, 15) is 0 Å². The van der Waals surface area contributed by atoms with Crippen molar-refractivity contribution in [3.05, 3.63) is 54.1 Å². The van der Waals surface area contributed by atoms with Gasteiger partial charge < -0.3 is 15.8 Å². The molecule has 0 atom stereocenters. The average molecular weight is 471 g/mol. The second-order valence-electron chi connectivity index (χ2n) is 5.74. The number of ether oxygens (including phenoxy) is 1. The smallest absolute Gasteiger partial charge is 0.193 e. The molecule has 0 saturated heterocycles. The number of nitrogens with two attached hydrogens (primary N) is 1. The van der Waals surface area contributed by atoms with E-state index in [1.54, 1.807) is 11.8 Å². The first-order valence-electron chi connectivity index (χ1n) is 8.06. The molecule has 0 amide bonds. The van der Waals surface area contributed by atoms with Crippen molar-refractivity contribution in [2.24, 2.45) is 10.7 Å². The van der Waals surface area contributed by atoms with E-state index in [2.05, 4.69) is 41.5 Å². The number of nitrogens with zero attached hydrogens (tertiary/aromatic N) is 1. The highest BCUT2D eigenvalue weighted by atomic mass is 127. The second kappa shape index (κ2) is 11.3. The Morgan fingerprint density at radius 2 is 1.76 bits per heavy atom. The van der Waals surface area contributed by atoms with E-state index in [0.29, 0.717) is 12.5 Å². The lowest BCUT2D eigenvalue weighted by atomic mass is 10.2. The minimum atomic E-state index is 0. The number of halogens is 1. The standard InChI is InChI=1S/C19H25N3OS.HI/c1-14(2)23-17-8-6-16(7-9-17)22-19(20)21-12-13-24-18-10-4-15(3)5-11-18;/h4-11,14H,12-13H2,1-3H3,(H3,20,21,22);1H. The summed E-state index contributed by atoms with van der Waals surface area (Å²) >= 11 is 1.78. The molecule has 0 bridgehead atoms. The number of aliphatic imine (C=N–C) groups is 1. The Kier molecular flexibility index (Phi) is 9.74. The SMILES string of the molecule is Cc1ccc(SCCN=C(N)Nc2ccc(OC(C)C)cc2)cc1.I. The molecule has 25 heavy (non-hydrogen) atoms. The van der Waals surface area contributed by atoms with Gasteiger partial charge >= 0.3 is 0 Å². The van der Waals surface area contributed by atoms with Crippen LogP contribution in [0.5, 0.6) is 5.75 Å². The third kappa shape index (κ3) is 8.49. The van der Waals surface area contributed by atoms with Gasteiger partial charge in [0, 0.05) is 16.3 Å². The average Bonchev–Trinajstić information content (AvgIpc) is 2.55. The fraction of sp³-hybridized carbons (Fsp3) is 0.316. The predicted molar refractivity (Wildman–Crippen MR) is 120 cm³/mol. The van der Waals surface area contributed by atoms with Crippen molar-refractivity contribution in [1.82, 2.24) is 0 Å². The fourth-order valence-electron chi connectivity index (χ4n) is 2.04. The Morgan fingerprint density at radius 3 is 2.36 bits per heavy atom. The number of aryl methyl sites for hydroxylation is 1. The lowest BCUT2D eigenvalue weighted by Gasteiger charge is -2.10. The number of hydrogen-bond donors (Lipinski definition) is 2. The van der Waals surface area contributed by atoms with Gasteiger partial charge in [-0.3, -0.25) is 4.99 Å². The van der Waals surface area contributed by atoms with Crippen molar-refractivity contribution < 1.29 is 4.74 Å². The number of nitrogens with one attached hydrogen (secondary N) is 1. The van der Waals surface area contributed by atoms with Crippen molar-refractivity contribution >= 4 is 47.4 Å². The Hall–Kier alpha value is -1.41. The molecule has 0 saturated carbocycles. The summed E-state index contributed by atoms with van der Waals surface area (Å²) in [5, 5.41) is 3.09. The molecule has 0 spiro atoms. The molecule has 2 aromatic carbocycles. The molecular weight excluding hydrogens is 445 g/mol. The Balaban J connectivity index is 0.00000312. The summed E-state index contributed by atoms with van der Waals surface area (Å²) in [4.78, 5) is 5.61. The molecule has 0 radical (unpaired) electrons. The van der Waals surface area contributed by atoms with Gasteiger partial charge in [0.1, 0.15) is 5.75 Å². The van der Waals surface area contributed by atoms with Crippen LogP contribution in [-0.2, 0) is 0 Å². The van der Waals surface area contributed by atoms with Crippen LogP contribution >= 0.6 is 35.7 Å². The van der Waals surface area contributed by atoms with Gasteiger partial charge in [-0.25, -0.2) is 0 Å². The van der Waals surface area contributed by atoms with Crippen molar-refractivity contribution in [2.75, 3.05) is 17.6 Å². The highest BCUT2D eigenvalue weighted by molar-refractivity contribution is 14.0. The Bertz CT molecular complexity index is 657. The zero-order valence-corrected chi connectivity index (χ0v) is 18.0. The molecule has 6 heteroatoms. The van der Waals surface area contributed by atoms with Crippen LogP contribution in [0.4, 0.5) is 5.69 Å². The largest absolute Gasteiger partial charge is 0.491 e. The first-order chi connectivity index (χ1) is 11.5. The van der Waals surface area contributed by atoms with Gasteiger partial charge in [0.05, 0.1) is 12.6 Å².